The number of aryl methyl sites for hydroxylation is 1. The predicted molar refractivity (Wildman–Crippen MR) is 112 cm³/mol. The van der Waals surface area contributed by atoms with E-state index in [0.29, 0.717) is 23.1 Å². The van der Waals surface area contributed by atoms with Crippen molar-refractivity contribution in [2.45, 2.75) is 24.9 Å². The van der Waals surface area contributed by atoms with E-state index in [1.165, 1.54) is 24.2 Å². The number of rotatable bonds is 9. The van der Waals surface area contributed by atoms with Crippen molar-refractivity contribution in [3.8, 4) is 5.69 Å². The fourth-order valence-electron chi connectivity index (χ4n) is 2.70. The van der Waals surface area contributed by atoms with Gasteiger partial charge in [-0.2, -0.15) is 4.68 Å². The molecule has 2 aromatic carbocycles. The van der Waals surface area contributed by atoms with Crippen LogP contribution in [0.25, 0.3) is 5.69 Å². The average molecular weight is 411 g/mol. The zero-order chi connectivity index (χ0) is 20.5. The smallest absolute Gasteiger partial charge is 0.230 e. The summed E-state index contributed by atoms with van der Waals surface area (Å²) in [5.41, 5.74) is 2.61. The van der Waals surface area contributed by atoms with Crippen LogP contribution in [0.1, 0.15) is 18.9 Å². The number of nitrogens with zero attached hydrogens (tertiary/aromatic N) is 4. The molecule has 0 spiro atoms. The van der Waals surface area contributed by atoms with Crippen LogP contribution in [0.2, 0.25) is 0 Å². The maximum atomic E-state index is 12.1. The Balaban J connectivity index is 1.48. The molecule has 1 aromatic heterocycles. The van der Waals surface area contributed by atoms with E-state index in [9.17, 15) is 9.59 Å². The molecule has 9 heteroatoms. The fraction of sp³-hybridized carbons (Fsp3) is 0.250. The van der Waals surface area contributed by atoms with Crippen molar-refractivity contribution in [2.75, 3.05) is 17.6 Å². The summed E-state index contributed by atoms with van der Waals surface area (Å²) < 4.78 is 1.54. The van der Waals surface area contributed by atoms with E-state index in [1.807, 2.05) is 24.3 Å². The van der Waals surface area contributed by atoms with Crippen molar-refractivity contribution < 1.29 is 9.59 Å². The number of thioether (sulfide) groups is 1. The molecule has 0 saturated heterocycles. The van der Waals surface area contributed by atoms with Crippen LogP contribution in [-0.2, 0) is 16.0 Å². The highest BCUT2D eigenvalue weighted by molar-refractivity contribution is 7.99. The first-order valence-corrected chi connectivity index (χ1v) is 10.2. The molecular formula is C20H22N6O2S. The van der Waals surface area contributed by atoms with Crippen molar-refractivity contribution in [1.82, 2.24) is 25.5 Å². The van der Waals surface area contributed by atoms with E-state index < -0.39 is 0 Å². The number of aromatic nitrogens is 4. The lowest BCUT2D eigenvalue weighted by Gasteiger charge is -2.08. The highest BCUT2D eigenvalue weighted by Gasteiger charge is 2.12. The van der Waals surface area contributed by atoms with Gasteiger partial charge in [0.1, 0.15) is 0 Å². The van der Waals surface area contributed by atoms with Crippen molar-refractivity contribution in [3.05, 3.63) is 60.2 Å². The summed E-state index contributed by atoms with van der Waals surface area (Å²) >= 11 is 1.26. The van der Waals surface area contributed by atoms with Gasteiger partial charge < -0.3 is 10.6 Å². The standard InChI is InChI=1S/C20H22N6O2S/c1-15(27)22-17-10-5-11-18(13-17)26-20(23-24-25-26)29-14-19(28)21-12-6-9-16-7-3-2-4-8-16/h2-5,7-8,10-11,13H,6,9,12,14H2,1H3,(H,21,28)(H,22,27). The van der Waals surface area contributed by atoms with E-state index in [0.717, 1.165) is 12.8 Å². The molecule has 2 N–H and O–H groups in total. The van der Waals surface area contributed by atoms with Gasteiger partial charge >= 0.3 is 0 Å². The minimum atomic E-state index is -0.155. The van der Waals surface area contributed by atoms with Gasteiger partial charge in [0.2, 0.25) is 17.0 Å². The van der Waals surface area contributed by atoms with Gasteiger partial charge in [-0.25, -0.2) is 0 Å². The minimum absolute atomic E-state index is 0.0652. The van der Waals surface area contributed by atoms with Crippen molar-refractivity contribution >= 4 is 29.3 Å². The molecule has 0 aliphatic heterocycles. The fourth-order valence-corrected chi connectivity index (χ4v) is 3.42. The van der Waals surface area contributed by atoms with Gasteiger partial charge in [-0.05, 0) is 47.0 Å². The molecule has 0 unspecified atom stereocenters. The number of tetrazole rings is 1. The van der Waals surface area contributed by atoms with E-state index in [1.54, 1.807) is 22.9 Å². The van der Waals surface area contributed by atoms with E-state index >= 15 is 0 Å². The summed E-state index contributed by atoms with van der Waals surface area (Å²) in [6.07, 6.45) is 1.81. The van der Waals surface area contributed by atoms with Gasteiger partial charge in [0.05, 0.1) is 11.4 Å². The Labute approximate surface area is 173 Å². The molecule has 3 rings (SSSR count). The number of anilines is 1. The third kappa shape index (κ3) is 6.42. The van der Waals surface area contributed by atoms with Crippen LogP contribution in [0.4, 0.5) is 5.69 Å². The highest BCUT2D eigenvalue weighted by Crippen LogP contribution is 2.20. The number of amides is 2. The molecule has 150 valence electrons. The van der Waals surface area contributed by atoms with E-state index in [-0.39, 0.29) is 17.6 Å². The van der Waals surface area contributed by atoms with Crippen LogP contribution < -0.4 is 10.6 Å². The predicted octanol–water partition coefficient (Wildman–Crippen LogP) is 2.46. The molecule has 0 fully saturated rings. The molecular weight excluding hydrogens is 388 g/mol. The maximum Gasteiger partial charge on any atom is 0.230 e. The van der Waals surface area contributed by atoms with Gasteiger partial charge in [-0.1, -0.05) is 48.2 Å². The SMILES string of the molecule is CC(=O)Nc1cccc(-n2nnnc2SCC(=O)NCCCc2ccccc2)c1. The minimum Gasteiger partial charge on any atom is -0.355 e. The number of hydrogen-bond acceptors (Lipinski definition) is 6. The zero-order valence-electron chi connectivity index (χ0n) is 16.0. The molecule has 8 nitrogen and oxygen atoms in total. The second-order valence-electron chi connectivity index (χ2n) is 6.33. The summed E-state index contributed by atoms with van der Waals surface area (Å²) in [6.45, 7) is 2.07. The first-order chi connectivity index (χ1) is 14.1. The molecule has 0 bridgehead atoms. The molecule has 2 amide bonds. The van der Waals surface area contributed by atoms with Gasteiger partial charge in [-0.15, -0.1) is 5.10 Å². The lowest BCUT2D eigenvalue weighted by molar-refractivity contribution is -0.118. The van der Waals surface area contributed by atoms with Crippen LogP contribution in [0.15, 0.2) is 59.8 Å². The largest absolute Gasteiger partial charge is 0.355 e. The number of benzene rings is 2. The topological polar surface area (TPSA) is 102 Å². The van der Waals surface area contributed by atoms with Crippen LogP contribution in [0, 0.1) is 0 Å². The van der Waals surface area contributed by atoms with Crippen molar-refractivity contribution in [3.63, 3.8) is 0 Å². The normalized spacial score (nSPS) is 10.5. The Morgan fingerprint density at radius 2 is 1.93 bits per heavy atom. The monoisotopic (exact) mass is 410 g/mol. The third-order valence-electron chi connectivity index (χ3n) is 3.99. The molecule has 0 radical (unpaired) electrons. The van der Waals surface area contributed by atoms with Crippen LogP contribution in [-0.4, -0.2) is 44.3 Å². The Kier molecular flexibility index (Phi) is 7.34. The molecule has 0 aliphatic rings. The molecule has 0 atom stereocenters. The van der Waals surface area contributed by atoms with Gasteiger partial charge in [0.25, 0.3) is 0 Å². The molecule has 1 heterocycles. The van der Waals surface area contributed by atoms with Gasteiger partial charge in [0.15, 0.2) is 0 Å². The van der Waals surface area contributed by atoms with E-state index in [2.05, 4.69) is 38.3 Å². The first-order valence-electron chi connectivity index (χ1n) is 9.21. The quantitative estimate of drug-likeness (QED) is 0.415. The Morgan fingerprint density at radius 1 is 1.10 bits per heavy atom. The Morgan fingerprint density at radius 3 is 2.72 bits per heavy atom. The lowest BCUT2D eigenvalue weighted by Crippen LogP contribution is -2.26. The second-order valence-corrected chi connectivity index (χ2v) is 7.28. The first kappa shape index (κ1) is 20.5. The number of carbonyl (C=O) groups is 2. The van der Waals surface area contributed by atoms with Gasteiger partial charge in [-0.3, -0.25) is 9.59 Å². The zero-order valence-corrected chi connectivity index (χ0v) is 16.9. The second kappa shape index (κ2) is 10.4. The molecule has 3 aromatic rings. The molecule has 29 heavy (non-hydrogen) atoms. The lowest BCUT2D eigenvalue weighted by atomic mass is 10.1. The number of carbonyl (C=O) groups excluding carboxylic acids is 2. The number of hydrogen-bond donors (Lipinski definition) is 2. The molecule has 0 aliphatic carbocycles. The molecule has 0 saturated carbocycles. The van der Waals surface area contributed by atoms with Crippen LogP contribution >= 0.6 is 11.8 Å². The number of nitrogens with one attached hydrogen (secondary N) is 2. The summed E-state index contributed by atoms with van der Waals surface area (Å²) in [5.74, 6) is -0.00102. The van der Waals surface area contributed by atoms with Crippen molar-refractivity contribution in [1.29, 1.82) is 0 Å². The maximum absolute atomic E-state index is 12.1. The average Bonchev–Trinajstić information content (AvgIpc) is 3.19. The summed E-state index contributed by atoms with van der Waals surface area (Å²) in [4.78, 5) is 23.4. The summed E-state index contributed by atoms with van der Waals surface area (Å²) in [6, 6.07) is 17.4. The third-order valence-corrected chi connectivity index (χ3v) is 4.91. The summed E-state index contributed by atoms with van der Waals surface area (Å²) in [5, 5.41) is 17.8. The van der Waals surface area contributed by atoms with Gasteiger partial charge in [0, 0.05) is 19.2 Å². The Bertz CT molecular complexity index is 960. The summed E-state index contributed by atoms with van der Waals surface area (Å²) in [7, 11) is 0. The van der Waals surface area contributed by atoms with Crippen LogP contribution in [0.5, 0.6) is 0 Å². The highest BCUT2D eigenvalue weighted by atomic mass is 32.2. The van der Waals surface area contributed by atoms with Crippen molar-refractivity contribution in [2.24, 2.45) is 0 Å². The van der Waals surface area contributed by atoms with Crippen LogP contribution in [0.3, 0.4) is 0 Å². The Hall–Kier alpha value is -3.20. The van der Waals surface area contributed by atoms with E-state index in [4.69, 9.17) is 0 Å².